The number of carbonyl (C=O) groups is 1. The van der Waals surface area contributed by atoms with Gasteiger partial charge in [-0.05, 0) is 55.5 Å². The molecule has 0 saturated heterocycles. The van der Waals surface area contributed by atoms with Crippen LogP contribution in [0.2, 0.25) is 5.02 Å². The third-order valence-corrected chi connectivity index (χ3v) is 4.93. The maximum absolute atomic E-state index is 12.0. The number of para-hydroxylation sites is 1. The first-order chi connectivity index (χ1) is 12.1. The minimum Gasteiger partial charge on any atom is -0.371 e. The van der Waals surface area contributed by atoms with Crippen LogP contribution in [0.15, 0.2) is 42.5 Å². The van der Waals surface area contributed by atoms with Gasteiger partial charge in [0.05, 0.1) is 0 Å². The van der Waals surface area contributed by atoms with Crippen molar-refractivity contribution in [1.82, 2.24) is 5.32 Å². The SMILES string of the molecule is Cc1ccc(NC(=O)NCCCN2CCCc3ccccc32)cc1Cl. The predicted molar refractivity (Wildman–Crippen MR) is 105 cm³/mol. The molecule has 1 aliphatic rings. The number of halogens is 1. The Labute approximate surface area is 154 Å². The van der Waals surface area contributed by atoms with Gasteiger partial charge < -0.3 is 15.5 Å². The molecule has 0 radical (unpaired) electrons. The topological polar surface area (TPSA) is 44.4 Å². The monoisotopic (exact) mass is 357 g/mol. The summed E-state index contributed by atoms with van der Waals surface area (Å²) in [4.78, 5) is 14.4. The first kappa shape index (κ1) is 17.6. The van der Waals surface area contributed by atoms with Gasteiger partial charge in [0.25, 0.3) is 0 Å². The van der Waals surface area contributed by atoms with Crippen molar-refractivity contribution in [3.63, 3.8) is 0 Å². The summed E-state index contributed by atoms with van der Waals surface area (Å²) < 4.78 is 0. The number of rotatable bonds is 5. The van der Waals surface area contributed by atoms with E-state index in [1.165, 1.54) is 17.7 Å². The average molecular weight is 358 g/mol. The first-order valence-electron chi connectivity index (χ1n) is 8.77. The Balaban J connectivity index is 1.43. The molecule has 0 aromatic heterocycles. The Morgan fingerprint density at radius 2 is 2.08 bits per heavy atom. The summed E-state index contributed by atoms with van der Waals surface area (Å²) in [6.45, 7) is 4.62. The van der Waals surface area contributed by atoms with Gasteiger partial charge in [-0.1, -0.05) is 35.9 Å². The van der Waals surface area contributed by atoms with Crippen molar-refractivity contribution in [3.05, 3.63) is 58.6 Å². The molecule has 0 fully saturated rings. The number of nitrogens with zero attached hydrogens (tertiary/aromatic N) is 1. The number of anilines is 2. The van der Waals surface area contributed by atoms with E-state index in [0.29, 0.717) is 17.3 Å². The highest BCUT2D eigenvalue weighted by atomic mass is 35.5. The molecule has 2 amide bonds. The van der Waals surface area contributed by atoms with E-state index in [4.69, 9.17) is 11.6 Å². The highest BCUT2D eigenvalue weighted by Crippen LogP contribution is 2.26. The van der Waals surface area contributed by atoms with Crippen LogP contribution in [0.5, 0.6) is 0 Å². The lowest BCUT2D eigenvalue weighted by Gasteiger charge is -2.31. The fraction of sp³-hybridized carbons (Fsp3) is 0.350. The zero-order chi connectivity index (χ0) is 17.6. The molecule has 0 saturated carbocycles. The van der Waals surface area contributed by atoms with Crippen molar-refractivity contribution in [3.8, 4) is 0 Å². The molecule has 132 valence electrons. The molecule has 25 heavy (non-hydrogen) atoms. The summed E-state index contributed by atoms with van der Waals surface area (Å²) in [5, 5.41) is 6.38. The molecule has 0 aliphatic carbocycles. The summed E-state index contributed by atoms with van der Waals surface area (Å²) in [5.41, 5.74) is 4.47. The number of amides is 2. The largest absolute Gasteiger partial charge is 0.371 e. The molecule has 0 bridgehead atoms. The van der Waals surface area contributed by atoms with Crippen molar-refractivity contribution in [2.45, 2.75) is 26.2 Å². The Bertz CT molecular complexity index is 747. The second kappa shape index (κ2) is 8.26. The van der Waals surface area contributed by atoms with Crippen LogP contribution in [0.25, 0.3) is 0 Å². The van der Waals surface area contributed by atoms with Crippen molar-refractivity contribution in [2.75, 3.05) is 29.9 Å². The number of hydrogen-bond donors (Lipinski definition) is 2. The second-order valence-electron chi connectivity index (χ2n) is 6.42. The van der Waals surface area contributed by atoms with Crippen LogP contribution in [0.3, 0.4) is 0 Å². The second-order valence-corrected chi connectivity index (χ2v) is 6.82. The van der Waals surface area contributed by atoms with E-state index in [2.05, 4.69) is 39.8 Å². The van der Waals surface area contributed by atoms with E-state index >= 15 is 0 Å². The molecule has 2 aromatic carbocycles. The summed E-state index contributed by atoms with van der Waals surface area (Å²) in [6.07, 6.45) is 3.27. The highest BCUT2D eigenvalue weighted by molar-refractivity contribution is 6.31. The van der Waals surface area contributed by atoms with Gasteiger partial charge in [0.2, 0.25) is 0 Å². The summed E-state index contributed by atoms with van der Waals surface area (Å²) in [5.74, 6) is 0. The molecular formula is C20H24ClN3O. The number of benzene rings is 2. The number of fused-ring (bicyclic) bond motifs is 1. The lowest BCUT2D eigenvalue weighted by molar-refractivity contribution is 0.252. The van der Waals surface area contributed by atoms with Gasteiger partial charge in [-0.25, -0.2) is 4.79 Å². The lowest BCUT2D eigenvalue weighted by atomic mass is 10.0. The van der Waals surface area contributed by atoms with Gasteiger partial charge in [0, 0.05) is 36.0 Å². The lowest BCUT2D eigenvalue weighted by Crippen LogP contribution is -2.34. The Morgan fingerprint density at radius 3 is 2.92 bits per heavy atom. The molecule has 2 N–H and O–H groups in total. The molecule has 5 heteroatoms. The predicted octanol–water partition coefficient (Wildman–Crippen LogP) is 4.61. The Morgan fingerprint density at radius 1 is 1.24 bits per heavy atom. The van der Waals surface area contributed by atoms with E-state index in [-0.39, 0.29) is 6.03 Å². The zero-order valence-electron chi connectivity index (χ0n) is 14.5. The fourth-order valence-corrected chi connectivity index (χ4v) is 3.34. The third-order valence-electron chi connectivity index (χ3n) is 4.53. The number of urea groups is 1. The van der Waals surface area contributed by atoms with Gasteiger partial charge in [0.1, 0.15) is 0 Å². The van der Waals surface area contributed by atoms with Gasteiger partial charge in [-0.3, -0.25) is 0 Å². The molecule has 1 heterocycles. The van der Waals surface area contributed by atoms with E-state index in [1.807, 2.05) is 19.1 Å². The van der Waals surface area contributed by atoms with Crippen LogP contribution in [-0.4, -0.2) is 25.7 Å². The molecule has 0 atom stereocenters. The number of carbonyl (C=O) groups excluding carboxylic acids is 1. The maximum atomic E-state index is 12.0. The van der Waals surface area contributed by atoms with Crippen molar-refractivity contribution in [1.29, 1.82) is 0 Å². The van der Waals surface area contributed by atoms with E-state index < -0.39 is 0 Å². The van der Waals surface area contributed by atoms with Crippen molar-refractivity contribution >= 4 is 29.0 Å². The molecule has 0 unspecified atom stereocenters. The third kappa shape index (κ3) is 4.67. The molecule has 0 spiro atoms. The highest BCUT2D eigenvalue weighted by Gasteiger charge is 2.15. The standard InChI is InChI=1S/C20H24ClN3O/c1-15-9-10-17(14-18(15)21)23-20(25)22-11-5-13-24-12-4-7-16-6-2-3-8-19(16)24/h2-3,6,8-10,14H,4-5,7,11-13H2,1H3,(H2,22,23,25). The minimum absolute atomic E-state index is 0.195. The normalized spacial score (nSPS) is 13.3. The maximum Gasteiger partial charge on any atom is 0.319 e. The first-order valence-corrected chi connectivity index (χ1v) is 9.15. The minimum atomic E-state index is -0.195. The van der Waals surface area contributed by atoms with Crippen LogP contribution in [-0.2, 0) is 6.42 Å². The smallest absolute Gasteiger partial charge is 0.319 e. The zero-order valence-corrected chi connectivity index (χ0v) is 15.3. The van der Waals surface area contributed by atoms with Gasteiger partial charge in [0.15, 0.2) is 0 Å². The molecule has 4 nitrogen and oxygen atoms in total. The fourth-order valence-electron chi connectivity index (χ4n) is 3.16. The summed E-state index contributed by atoms with van der Waals surface area (Å²) >= 11 is 6.07. The average Bonchev–Trinajstić information content (AvgIpc) is 2.62. The quantitative estimate of drug-likeness (QED) is 0.767. The van der Waals surface area contributed by atoms with Crippen molar-refractivity contribution in [2.24, 2.45) is 0 Å². The van der Waals surface area contributed by atoms with E-state index in [1.54, 1.807) is 6.07 Å². The van der Waals surface area contributed by atoms with E-state index in [9.17, 15) is 4.79 Å². The molecule has 2 aromatic rings. The van der Waals surface area contributed by atoms with Crippen molar-refractivity contribution < 1.29 is 4.79 Å². The number of aryl methyl sites for hydroxylation is 2. The van der Waals surface area contributed by atoms with E-state index in [0.717, 1.165) is 31.5 Å². The van der Waals surface area contributed by atoms with Crippen LogP contribution >= 0.6 is 11.6 Å². The summed E-state index contributed by atoms with van der Waals surface area (Å²) in [7, 11) is 0. The van der Waals surface area contributed by atoms with Gasteiger partial charge in [-0.2, -0.15) is 0 Å². The Kier molecular flexibility index (Phi) is 5.82. The van der Waals surface area contributed by atoms with Crippen LogP contribution in [0.1, 0.15) is 24.0 Å². The number of nitrogens with one attached hydrogen (secondary N) is 2. The summed E-state index contributed by atoms with van der Waals surface area (Å²) in [6, 6.07) is 13.9. The van der Waals surface area contributed by atoms with Gasteiger partial charge in [-0.15, -0.1) is 0 Å². The molecular weight excluding hydrogens is 334 g/mol. The van der Waals surface area contributed by atoms with Crippen LogP contribution < -0.4 is 15.5 Å². The van der Waals surface area contributed by atoms with Gasteiger partial charge >= 0.3 is 6.03 Å². The Hall–Kier alpha value is -2.20. The number of hydrogen-bond acceptors (Lipinski definition) is 2. The molecule has 1 aliphatic heterocycles. The van der Waals surface area contributed by atoms with Crippen LogP contribution in [0.4, 0.5) is 16.2 Å². The molecule has 3 rings (SSSR count). The van der Waals surface area contributed by atoms with Crippen LogP contribution in [0, 0.1) is 6.92 Å².